The third-order valence-corrected chi connectivity index (χ3v) is 5.38. The molecule has 1 atom stereocenters. The number of hydrogen-bond donors (Lipinski definition) is 0. The van der Waals surface area contributed by atoms with Crippen LogP contribution in [-0.2, 0) is 19.1 Å². The molecular weight excluding hydrogens is 291 g/mol. The van der Waals surface area contributed by atoms with Crippen LogP contribution in [0.25, 0.3) is 0 Å². The van der Waals surface area contributed by atoms with Gasteiger partial charge in [0.1, 0.15) is 0 Å². The molecule has 110 valence electrons. The van der Waals surface area contributed by atoms with Gasteiger partial charge in [-0.3, -0.25) is 17.4 Å². The van der Waals surface area contributed by atoms with Crippen molar-refractivity contribution in [3.8, 4) is 0 Å². The normalized spacial score (nSPS) is 16.4. The maximum absolute atomic E-state index is 10.7. The molecule has 0 spiro atoms. The fourth-order valence-electron chi connectivity index (χ4n) is 1.38. The summed E-state index contributed by atoms with van der Waals surface area (Å²) in [7, 11) is 7.05. The average molecular weight is 310 g/mol. The molecular formula is C13H19LiO4S2-2. The van der Waals surface area contributed by atoms with Crippen LogP contribution in [0.2, 0.25) is 0 Å². The molecule has 20 heavy (non-hydrogen) atoms. The van der Waals surface area contributed by atoms with Crippen molar-refractivity contribution < 1.29 is 38.0 Å². The molecule has 1 aliphatic heterocycles. The van der Waals surface area contributed by atoms with Gasteiger partial charge in [0.05, 0.1) is 0 Å². The number of rotatable bonds is 8. The van der Waals surface area contributed by atoms with Crippen LogP contribution in [0.1, 0.15) is 44.9 Å². The number of unbranched alkanes of at least 4 members (excludes halogenated alkanes) is 2. The Morgan fingerprint density at radius 2 is 1.90 bits per heavy atom. The zero-order valence-corrected chi connectivity index (χ0v) is 13.5. The summed E-state index contributed by atoms with van der Waals surface area (Å²) >= 11 is 0. The second-order valence-electron chi connectivity index (χ2n) is 3.88. The SMILES string of the molecule is O=[C-]CC[C-]=O.[CH2-]OC(=O)CCCCC1CCSS1.[Li+]. The van der Waals surface area contributed by atoms with E-state index in [-0.39, 0.29) is 37.7 Å². The van der Waals surface area contributed by atoms with Gasteiger partial charge in [0.2, 0.25) is 0 Å². The van der Waals surface area contributed by atoms with Gasteiger partial charge in [-0.2, -0.15) is 20.0 Å². The third-order valence-electron chi connectivity index (χ3n) is 2.37. The van der Waals surface area contributed by atoms with Crippen molar-refractivity contribution in [3.63, 3.8) is 0 Å². The molecule has 0 bridgehead atoms. The van der Waals surface area contributed by atoms with Gasteiger partial charge in [0.15, 0.2) is 0 Å². The fraction of sp³-hybridized carbons (Fsp3) is 0.692. The third kappa shape index (κ3) is 14.5. The van der Waals surface area contributed by atoms with Crippen LogP contribution in [0.4, 0.5) is 0 Å². The second kappa shape index (κ2) is 17.2. The number of esters is 1. The van der Waals surface area contributed by atoms with E-state index in [1.165, 1.54) is 18.6 Å². The van der Waals surface area contributed by atoms with E-state index < -0.39 is 0 Å². The zero-order chi connectivity index (χ0) is 14.3. The molecule has 0 radical (unpaired) electrons. The van der Waals surface area contributed by atoms with Crippen LogP contribution < -0.4 is 18.9 Å². The molecule has 1 fully saturated rings. The van der Waals surface area contributed by atoms with Crippen LogP contribution in [0, 0.1) is 7.11 Å². The van der Waals surface area contributed by atoms with E-state index in [9.17, 15) is 14.4 Å². The van der Waals surface area contributed by atoms with Gasteiger partial charge < -0.3 is 14.3 Å². The molecule has 1 aliphatic rings. The minimum atomic E-state index is -0.187. The minimum Gasteiger partial charge on any atom is -0.640 e. The number of hydrogen-bond acceptors (Lipinski definition) is 6. The van der Waals surface area contributed by atoms with Crippen molar-refractivity contribution in [1.29, 1.82) is 0 Å². The molecule has 1 saturated heterocycles. The Bertz CT molecular complexity index is 251. The molecule has 0 saturated carbocycles. The molecule has 1 unspecified atom stereocenters. The molecule has 0 N–H and O–H groups in total. The molecule has 0 aromatic rings. The maximum Gasteiger partial charge on any atom is 1.00 e. The first-order valence-electron chi connectivity index (χ1n) is 6.17. The number of ether oxygens (including phenoxy) is 1. The second-order valence-corrected chi connectivity index (χ2v) is 6.67. The van der Waals surface area contributed by atoms with Crippen molar-refractivity contribution in [1.82, 2.24) is 0 Å². The topological polar surface area (TPSA) is 60.4 Å². The van der Waals surface area contributed by atoms with Gasteiger partial charge in [-0.15, -0.1) is 0 Å². The van der Waals surface area contributed by atoms with E-state index in [0.717, 1.165) is 18.1 Å². The van der Waals surface area contributed by atoms with Gasteiger partial charge >= 0.3 is 18.9 Å². The van der Waals surface area contributed by atoms with Crippen molar-refractivity contribution in [2.75, 3.05) is 5.75 Å². The minimum absolute atomic E-state index is 0. The van der Waals surface area contributed by atoms with Crippen molar-refractivity contribution in [2.45, 2.75) is 50.2 Å². The molecule has 1 heterocycles. The Morgan fingerprint density at radius 3 is 2.35 bits per heavy atom. The summed E-state index contributed by atoms with van der Waals surface area (Å²) in [5.41, 5.74) is 0. The van der Waals surface area contributed by atoms with Crippen LogP contribution in [-0.4, -0.2) is 29.5 Å². The quantitative estimate of drug-likeness (QED) is 0.207. The van der Waals surface area contributed by atoms with Crippen LogP contribution in [0.15, 0.2) is 0 Å². The molecule has 0 aromatic heterocycles. The van der Waals surface area contributed by atoms with Crippen molar-refractivity contribution in [3.05, 3.63) is 7.11 Å². The van der Waals surface area contributed by atoms with Crippen molar-refractivity contribution >= 4 is 40.1 Å². The summed E-state index contributed by atoms with van der Waals surface area (Å²) in [6.45, 7) is 0. The van der Waals surface area contributed by atoms with Gasteiger partial charge in [-0.1, -0.05) is 28.0 Å². The van der Waals surface area contributed by atoms with Gasteiger partial charge in [-0.05, 0) is 19.3 Å². The first-order valence-corrected chi connectivity index (χ1v) is 8.56. The monoisotopic (exact) mass is 310 g/mol. The Morgan fingerprint density at radius 1 is 1.25 bits per heavy atom. The molecule has 4 nitrogen and oxygen atoms in total. The van der Waals surface area contributed by atoms with Crippen LogP contribution >= 0.6 is 21.6 Å². The molecule has 1 rings (SSSR count). The molecule has 0 aromatic carbocycles. The van der Waals surface area contributed by atoms with E-state index in [0.29, 0.717) is 6.42 Å². The van der Waals surface area contributed by atoms with E-state index >= 15 is 0 Å². The summed E-state index contributed by atoms with van der Waals surface area (Å²) in [6, 6.07) is 0. The summed E-state index contributed by atoms with van der Waals surface area (Å²) < 4.78 is 4.32. The van der Waals surface area contributed by atoms with Gasteiger partial charge in [0.25, 0.3) is 5.97 Å². The molecule has 0 aliphatic carbocycles. The first-order chi connectivity index (χ1) is 9.24. The molecule has 7 heteroatoms. The predicted octanol–water partition coefficient (Wildman–Crippen LogP) is 0.0253. The average Bonchev–Trinajstić information content (AvgIpc) is 2.95. The standard InChI is InChI=1S/C9H15O2S2.C4H4O2.Li/c1-11-9(10)5-3-2-4-8-6-7-12-13-8;5-3-1-2-4-6;/h8H,1-7H2;1-2H2;/q-1;-2;+1. The van der Waals surface area contributed by atoms with Gasteiger partial charge in [0, 0.05) is 17.4 Å². The largest absolute Gasteiger partial charge is 1.00 e. The van der Waals surface area contributed by atoms with E-state index in [4.69, 9.17) is 0 Å². The molecule has 0 amide bonds. The maximum atomic E-state index is 10.7. The summed E-state index contributed by atoms with van der Waals surface area (Å²) in [5.74, 6) is 1.10. The van der Waals surface area contributed by atoms with Gasteiger partial charge in [-0.25, -0.2) is 0 Å². The zero-order valence-electron chi connectivity index (χ0n) is 11.9. The fourth-order valence-corrected chi connectivity index (χ4v) is 4.41. The Balaban J connectivity index is 0. The summed E-state index contributed by atoms with van der Waals surface area (Å²) in [5, 5.41) is 0.820. The number of carbonyl (C=O) groups is 1. The van der Waals surface area contributed by atoms with Crippen LogP contribution in [0.3, 0.4) is 0 Å². The van der Waals surface area contributed by atoms with Crippen LogP contribution in [0.5, 0.6) is 0 Å². The van der Waals surface area contributed by atoms with E-state index in [1.807, 2.05) is 21.6 Å². The Hall–Kier alpha value is 0.107. The van der Waals surface area contributed by atoms with E-state index in [1.54, 1.807) is 12.6 Å². The van der Waals surface area contributed by atoms with Crippen molar-refractivity contribution in [2.24, 2.45) is 0 Å². The number of carbonyl (C=O) groups excluding carboxylic acids is 3. The Kier molecular flexibility index (Phi) is 19.2. The van der Waals surface area contributed by atoms with E-state index in [2.05, 4.69) is 11.8 Å². The predicted molar refractivity (Wildman–Crippen MR) is 79.0 cm³/mol. The Labute approximate surface area is 141 Å². The first kappa shape index (κ1) is 22.4. The smallest absolute Gasteiger partial charge is 0.640 e. The summed E-state index contributed by atoms with van der Waals surface area (Å²) in [4.78, 5) is 29.2. The summed E-state index contributed by atoms with van der Waals surface area (Å²) in [6.07, 6.45) is 8.64.